The number of benzene rings is 3. The quantitative estimate of drug-likeness (QED) is 0.345. The highest BCUT2D eigenvalue weighted by atomic mass is 16.5. The molecule has 0 bridgehead atoms. The van der Waals surface area contributed by atoms with Crippen LogP contribution in [0.3, 0.4) is 0 Å². The molecule has 0 heterocycles. The first kappa shape index (κ1) is 21.4. The molecule has 5 heteroatoms. The van der Waals surface area contributed by atoms with E-state index in [2.05, 4.69) is 0 Å². The molecule has 0 saturated heterocycles. The average Bonchev–Trinajstić information content (AvgIpc) is 2.81. The number of hydrogen-bond donors (Lipinski definition) is 0. The summed E-state index contributed by atoms with van der Waals surface area (Å²) in [6, 6.07) is 22.9. The predicted molar refractivity (Wildman–Crippen MR) is 116 cm³/mol. The van der Waals surface area contributed by atoms with Gasteiger partial charge in [0.25, 0.3) is 0 Å². The summed E-state index contributed by atoms with van der Waals surface area (Å²) in [5.41, 5.74) is 3.27. The Morgan fingerprint density at radius 3 is 2.33 bits per heavy atom. The zero-order chi connectivity index (χ0) is 21.2. The Bertz CT molecular complexity index is 936. The van der Waals surface area contributed by atoms with Gasteiger partial charge in [-0.3, -0.25) is 0 Å². The van der Waals surface area contributed by atoms with Gasteiger partial charge >= 0.3 is 5.97 Å². The average molecular weight is 406 g/mol. The topological polar surface area (TPSA) is 54.0 Å². The molecule has 5 nitrogen and oxygen atoms in total. The number of methoxy groups -OCH3 is 1. The Labute approximate surface area is 177 Å². The maximum absolute atomic E-state index is 12.0. The fraction of sp³-hybridized carbons (Fsp3) is 0.240. The Morgan fingerprint density at radius 2 is 1.63 bits per heavy atom. The molecule has 3 aromatic rings. The first-order chi connectivity index (χ1) is 14.7. The van der Waals surface area contributed by atoms with Crippen molar-refractivity contribution in [3.05, 3.63) is 83.9 Å². The summed E-state index contributed by atoms with van der Waals surface area (Å²) in [5, 5.41) is 0. The van der Waals surface area contributed by atoms with Crippen LogP contribution >= 0.6 is 0 Å². The van der Waals surface area contributed by atoms with E-state index in [-0.39, 0.29) is 5.97 Å². The van der Waals surface area contributed by atoms with Crippen LogP contribution in [0, 0.1) is 0 Å². The second-order valence-corrected chi connectivity index (χ2v) is 6.55. The van der Waals surface area contributed by atoms with E-state index in [1.165, 1.54) is 7.11 Å². The maximum atomic E-state index is 12.0. The lowest BCUT2D eigenvalue weighted by atomic mass is 10.0. The second kappa shape index (κ2) is 11.0. The number of carbonyl (C=O) groups excluding carboxylic acids is 1. The first-order valence-electron chi connectivity index (χ1n) is 9.91. The molecule has 0 aromatic heterocycles. The highest BCUT2D eigenvalue weighted by Crippen LogP contribution is 2.33. The Kier molecular flexibility index (Phi) is 7.86. The van der Waals surface area contributed by atoms with Gasteiger partial charge in [-0.2, -0.15) is 0 Å². The van der Waals surface area contributed by atoms with E-state index in [0.29, 0.717) is 37.7 Å². The molecule has 0 spiro atoms. The van der Waals surface area contributed by atoms with Crippen molar-refractivity contribution in [1.82, 2.24) is 0 Å². The number of rotatable bonds is 10. The van der Waals surface area contributed by atoms with Crippen molar-refractivity contribution in [3.8, 4) is 22.6 Å². The third kappa shape index (κ3) is 5.84. The largest absolute Gasteiger partial charge is 0.491 e. The van der Waals surface area contributed by atoms with Crippen molar-refractivity contribution in [2.24, 2.45) is 0 Å². The summed E-state index contributed by atoms with van der Waals surface area (Å²) in [5.74, 6) is 1.06. The fourth-order valence-corrected chi connectivity index (χ4v) is 2.96. The minimum Gasteiger partial charge on any atom is -0.491 e. The van der Waals surface area contributed by atoms with E-state index in [1.54, 1.807) is 18.2 Å². The summed E-state index contributed by atoms with van der Waals surface area (Å²) in [7, 11) is 1.37. The van der Waals surface area contributed by atoms with Crippen molar-refractivity contribution < 1.29 is 23.7 Å². The molecule has 0 saturated carbocycles. The molecule has 0 unspecified atom stereocenters. The molecule has 156 valence electrons. The van der Waals surface area contributed by atoms with Gasteiger partial charge in [-0.05, 0) is 48.4 Å². The van der Waals surface area contributed by atoms with E-state index >= 15 is 0 Å². The van der Waals surface area contributed by atoms with Crippen LogP contribution < -0.4 is 9.47 Å². The SMILES string of the molecule is CCOCCOc1ccc(-c2cc(C(=O)OC)ccc2OCc2ccccc2)cc1. The lowest BCUT2D eigenvalue weighted by molar-refractivity contribution is 0.0600. The minimum atomic E-state index is -0.387. The van der Waals surface area contributed by atoms with Gasteiger partial charge in [0.15, 0.2) is 0 Å². The second-order valence-electron chi connectivity index (χ2n) is 6.55. The number of esters is 1. The summed E-state index contributed by atoms with van der Waals surface area (Å²) >= 11 is 0. The molecule has 30 heavy (non-hydrogen) atoms. The molecule has 0 aliphatic carbocycles. The Hall–Kier alpha value is -3.31. The van der Waals surface area contributed by atoms with Crippen molar-refractivity contribution in [2.45, 2.75) is 13.5 Å². The van der Waals surface area contributed by atoms with E-state index < -0.39 is 0 Å². The Balaban J connectivity index is 1.81. The lowest BCUT2D eigenvalue weighted by Gasteiger charge is -2.14. The van der Waals surface area contributed by atoms with Crippen molar-refractivity contribution in [1.29, 1.82) is 0 Å². The fourth-order valence-electron chi connectivity index (χ4n) is 2.96. The van der Waals surface area contributed by atoms with Gasteiger partial charge in [-0.25, -0.2) is 4.79 Å². The minimum absolute atomic E-state index is 0.387. The van der Waals surface area contributed by atoms with Crippen LogP contribution in [0.15, 0.2) is 72.8 Å². The van der Waals surface area contributed by atoms with Crippen LogP contribution in [0.2, 0.25) is 0 Å². The normalized spacial score (nSPS) is 10.5. The van der Waals surface area contributed by atoms with Gasteiger partial charge < -0.3 is 18.9 Å². The van der Waals surface area contributed by atoms with Gasteiger partial charge in [0.1, 0.15) is 24.7 Å². The molecule has 0 radical (unpaired) electrons. The standard InChI is InChI=1S/C25H26O5/c1-3-28-15-16-29-22-12-9-20(10-13-22)23-17-21(25(26)27-2)11-14-24(23)30-18-19-7-5-4-6-8-19/h4-14,17H,3,15-16,18H2,1-2H3. The smallest absolute Gasteiger partial charge is 0.337 e. The monoisotopic (exact) mass is 406 g/mol. The summed E-state index contributed by atoms with van der Waals surface area (Å²) in [4.78, 5) is 12.0. The van der Waals surface area contributed by atoms with Crippen LogP contribution in [0.25, 0.3) is 11.1 Å². The van der Waals surface area contributed by atoms with E-state index in [1.807, 2.05) is 61.5 Å². The molecule has 0 fully saturated rings. The number of hydrogen-bond acceptors (Lipinski definition) is 5. The maximum Gasteiger partial charge on any atom is 0.337 e. The molecular formula is C25H26O5. The van der Waals surface area contributed by atoms with Gasteiger partial charge in [0.05, 0.1) is 19.3 Å². The van der Waals surface area contributed by atoms with Crippen LogP contribution in [0.1, 0.15) is 22.8 Å². The number of ether oxygens (including phenoxy) is 4. The summed E-state index contributed by atoms with van der Waals surface area (Å²) in [6.07, 6.45) is 0. The molecule has 0 aliphatic heterocycles. The van der Waals surface area contributed by atoms with Crippen molar-refractivity contribution >= 4 is 5.97 Å². The number of carbonyl (C=O) groups is 1. The molecule has 0 amide bonds. The molecule has 3 rings (SSSR count). The van der Waals surface area contributed by atoms with E-state index in [0.717, 1.165) is 22.4 Å². The molecule has 3 aromatic carbocycles. The molecule has 0 N–H and O–H groups in total. The zero-order valence-corrected chi connectivity index (χ0v) is 17.3. The van der Waals surface area contributed by atoms with Crippen LogP contribution in [0.4, 0.5) is 0 Å². The molecule has 0 aliphatic rings. The van der Waals surface area contributed by atoms with Crippen molar-refractivity contribution in [3.63, 3.8) is 0 Å². The van der Waals surface area contributed by atoms with Crippen LogP contribution in [-0.4, -0.2) is 32.9 Å². The first-order valence-corrected chi connectivity index (χ1v) is 9.91. The summed E-state index contributed by atoms with van der Waals surface area (Å²) in [6.45, 7) is 4.11. The van der Waals surface area contributed by atoms with Gasteiger partial charge in [0, 0.05) is 12.2 Å². The van der Waals surface area contributed by atoms with E-state index in [4.69, 9.17) is 18.9 Å². The molecular weight excluding hydrogens is 380 g/mol. The van der Waals surface area contributed by atoms with Crippen LogP contribution in [0.5, 0.6) is 11.5 Å². The third-order valence-corrected chi connectivity index (χ3v) is 4.50. The highest BCUT2D eigenvalue weighted by Gasteiger charge is 2.13. The third-order valence-electron chi connectivity index (χ3n) is 4.50. The lowest BCUT2D eigenvalue weighted by Crippen LogP contribution is -2.06. The van der Waals surface area contributed by atoms with E-state index in [9.17, 15) is 4.79 Å². The van der Waals surface area contributed by atoms with Gasteiger partial charge in [0.2, 0.25) is 0 Å². The predicted octanol–water partition coefficient (Wildman–Crippen LogP) is 5.13. The van der Waals surface area contributed by atoms with Gasteiger partial charge in [-0.1, -0.05) is 42.5 Å². The van der Waals surface area contributed by atoms with Crippen LogP contribution in [-0.2, 0) is 16.1 Å². The zero-order valence-electron chi connectivity index (χ0n) is 17.3. The summed E-state index contributed by atoms with van der Waals surface area (Å²) < 4.78 is 21.9. The van der Waals surface area contributed by atoms with Crippen molar-refractivity contribution in [2.75, 3.05) is 26.9 Å². The van der Waals surface area contributed by atoms with Gasteiger partial charge in [-0.15, -0.1) is 0 Å². The highest BCUT2D eigenvalue weighted by molar-refractivity contribution is 5.92. The molecule has 0 atom stereocenters. The Morgan fingerprint density at radius 1 is 0.867 bits per heavy atom.